The lowest BCUT2D eigenvalue weighted by molar-refractivity contribution is -0.249. The third-order valence-corrected chi connectivity index (χ3v) is 3.29. The van der Waals surface area contributed by atoms with Crippen LogP contribution in [0.5, 0.6) is 0 Å². The van der Waals surface area contributed by atoms with E-state index in [0.717, 1.165) is 0 Å². The van der Waals surface area contributed by atoms with E-state index in [-0.39, 0.29) is 6.61 Å². The van der Waals surface area contributed by atoms with Crippen LogP contribution in [-0.2, 0) is 38.1 Å². The van der Waals surface area contributed by atoms with Gasteiger partial charge in [-0.25, -0.2) is 4.99 Å². The SMILES string of the molecule is CC(=O)OCC1O[C@H]2OC(C)=NC2[C@@H](OC(C)=O)[C@H]1OC(C)=O. The number of ether oxygens (including phenoxy) is 5. The number of carbonyl (C=O) groups excluding carboxylic acids is 3. The Balaban J connectivity index is 2.26. The molecule has 0 aromatic rings. The molecule has 2 aliphatic heterocycles. The van der Waals surface area contributed by atoms with E-state index in [1.54, 1.807) is 6.92 Å². The summed E-state index contributed by atoms with van der Waals surface area (Å²) >= 11 is 0. The summed E-state index contributed by atoms with van der Waals surface area (Å²) in [7, 11) is 0. The van der Waals surface area contributed by atoms with Gasteiger partial charge in [0.25, 0.3) is 0 Å². The van der Waals surface area contributed by atoms with E-state index in [4.69, 9.17) is 23.7 Å². The van der Waals surface area contributed by atoms with Crippen molar-refractivity contribution >= 4 is 23.8 Å². The van der Waals surface area contributed by atoms with Crippen LogP contribution in [0.1, 0.15) is 27.7 Å². The number of fused-ring (bicyclic) bond motifs is 1. The molecule has 0 saturated carbocycles. The Labute approximate surface area is 132 Å². The Kier molecular flexibility index (Phi) is 5.19. The summed E-state index contributed by atoms with van der Waals surface area (Å²) < 4.78 is 26.5. The van der Waals surface area contributed by atoms with Crippen LogP contribution in [0.2, 0.25) is 0 Å². The zero-order chi connectivity index (χ0) is 17.1. The molecule has 128 valence electrons. The van der Waals surface area contributed by atoms with Gasteiger partial charge >= 0.3 is 17.9 Å². The average molecular weight is 329 g/mol. The van der Waals surface area contributed by atoms with Crippen LogP contribution < -0.4 is 0 Å². The lowest BCUT2D eigenvalue weighted by atomic mass is 9.97. The minimum atomic E-state index is -0.963. The molecule has 2 heterocycles. The van der Waals surface area contributed by atoms with Crippen LogP contribution in [0, 0.1) is 0 Å². The van der Waals surface area contributed by atoms with Crippen molar-refractivity contribution in [1.82, 2.24) is 0 Å². The van der Waals surface area contributed by atoms with Gasteiger partial charge in [0.1, 0.15) is 12.7 Å². The highest BCUT2D eigenvalue weighted by Gasteiger charge is 2.53. The van der Waals surface area contributed by atoms with Crippen molar-refractivity contribution < 1.29 is 38.1 Å². The second-order valence-electron chi connectivity index (χ2n) is 5.25. The van der Waals surface area contributed by atoms with E-state index in [0.29, 0.717) is 5.90 Å². The van der Waals surface area contributed by atoms with Crippen molar-refractivity contribution in [3.8, 4) is 0 Å². The van der Waals surface area contributed by atoms with Gasteiger partial charge in [-0.05, 0) is 0 Å². The second kappa shape index (κ2) is 6.95. The molecule has 2 unspecified atom stereocenters. The fourth-order valence-electron chi connectivity index (χ4n) is 2.53. The highest BCUT2D eigenvalue weighted by atomic mass is 16.7. The van der Waals surface area contributed by atoms with Gasteiger partial charge in [-0.15, -0.1) is 0 Å². The van der Waals surface area contributed by atoms with Crippen LogP contribution in [0.15, 0.2) is 4.99 Å². The minimum absolute atomic E-state index is 0.170. The van der Waals surface area contributed by atoms with E-state index >= 15 is 0 Å². The smallest absolute Gasteiger partial charge is 0.303 e. The van der Waals surface area contributed by atoms with Crippen molar-refractivity contribution in [2.24, 2.45) is 4.99 Å². The summed E-state index contributed by atoms with van der Waals surface area (Å²) in [6, 6.07) is -0.656. The summed E-state index contributed by atoms with van der Waals surface area (Å²) in [5, 5.41) is 0. The molecule has 1 fully saturated rings. The lowest BCUT2D eigenvalue weighted by Gasteiger charge is -2.40. The minimum Gasteiger partial charge on any atom is -0.463 e. The maximum absolute atomic E-state index is 11.4. The molecule has 9 nitrogen and oxygen atoms in total. The number of rotatable bonds is 4. The number of esters is 3. The fourth-order valence-corrected chi connectivity index (χ4v) is 2.53. The number of nitrogens with zero attached hydrogens (tertiary/aromatic N) is 1. The number of carbonyl (C=O) groups is 3. The quantitative estimate of drug-likeness (QED) is 0.522. The highest BCUT2D eigenvalue weighted by Crippen LogP contribution is 2.32. The maximum Gasteiger partial charge on any atom is 0.303 e. The van der Waals surface area contributed by atoms with Gasteiger partial charge in [-0.1, -0.05) is 0 Å². The number of hydrogen-bond donors (Lipinski definition) is 0. The van der Waals surface area contributed by atoms with Crippen molar-refractivity contribution in [3.05, 3.63) is 0 Å². The number of aliphatic imine (C=N–C) groups is 1. The molecule has 0 aromatic heterocycles. The summed E-state index contributed by atoms with van der Waals surface area (Å²) in [6.45, 7) is 5.17. The van der Waals surface area contributed by atoms with E-state index < -0.39 is 48.6 Å². The zero-order valence-corrected chi connectivity index (χ0v) is 13.3. The molecule has 0 aliphatic carbocycles. The van der Waals surface area contributed by atoms with Crippen molar-refractivity contribution in [3.63, 3.8) is 0 Å². The Bertz CT molecular complexity index is 531. The molecule has 0 spiro atoms. The molecule has 1 saturated heterocycles. The molecule has 0 radical (unpaired) electrons. The molecule has 0 bridgehead atoms. The van der Waals surface area contributed by atoms with Crippen LogP contribution in [0.3, 0.4) is 0 Å². The predicted molar refractivity (Wildman–Crippen MR) is 74.4 cm³/mol. The topological polar surface area (TPSA) is 110 Å². The van der Waals surface area contributed by atoms with E-state index in [9.17, 15) is 14.4 Å². The molecule has 23 heavy (non-hydrogen) atoms. The first-order valence-electron chi connectivity index (χ1n) is 7.12. The van der Waals surface area contributed by atoms with Gasteiger partial charge in [-0.2, -0.15) is 0 Å². The van der Waals surface area contributed by atoms with Crippen LogP contribution in [-0.4, -0.2) is 61.1 Å². The molecular weight excluding hydrogens is 310 g/mol. The summed E-state index contributed by atoms with van der Waals surface area (Å²) in [4.78, 5) is 38.1. The zero-order valence-electron chi connectivity index (χ0n) is 13.3. The molecule has 0 N–H and O–H groups in total. The van der Waals surface area contributed by atoms with Gasteiger partial charge in [0.05, 0.1) is 0 Å². The standard InChI is InChI=1S/C14H19NO8/c1-6-15-11-13(22-9(4)18)12(21-8(3)17)10(5-19-7(2)16)23-14(11)20-6/h10-14H,5H2,1-4H3/t10?,11?,12-,13+,14+/m0/s1. The van der Waals surface area contributed by atoms with Crippen LogP contribution >= 0.6 is 0 Å². The van der Waals surface area contributed by atoms with Crippen LogP contribution in [0.4, 0.5) is 0 Å². The molecule has 5 atom stereocenters. The van der Waals surface area contributed by atoms with Gasteiger partial charge in [0.15, 0.2) is 24.1 Å². The Morgan fingerprint density at radius 2 is 1.65 bits per heavy atom. The normalized spacial score (nSPS) is 32.2. The highest BCUT2D eigenvalue weighted by molar-refractivity contribution is 5.75. The van der Waals surface area contributed by atoms with Gasteiger partial charge < -0.3 is 23.7 Å². The monoisotopic (exact) mass is 329 g/mol. The van der Waals surface area contributed by atoms with Crippen molar-refractivity contribution in [1.29, 1.82) is 0 Å². The third-order valence-electron chi connectivity index (χ3n) is 3.29. The Hall–Kier alpha value is -2.16. The fraction of sp³-hybridized carbons (Fsp3) is 0.714. The van der Waals surface area contributed by atoms with Crippen molar-refractivity contribution in [2.45, 2.75) is 58.3 Å². The molecule has 2 rings (SSSR count). The molecule has 2 aliphatic rings. The van der Waals surface area contributed by atoms with Gasteiger partial charge in [0.2, 0.25) is 6.29 Å². The number of hydrogen-bond acceptors (Lipinski definition) is 9. The molecule has 0 amide bonds. The van der Waals surface area contributed by atoms with Gasteiger partial charge in [0, 0.05) is 27.7 Å². The summed E-state index contributed by atoms with van der Waals surface area (Å²) in [6.07, 6.45) is -3.50. The Morgan fingerprint density at radius 1 is 1.04 bits per heavy atom. The van der Waals surface area contributed by atoms with Crippen LogP contribution in [0.25, 0.3) is 0 Å². The molecule has 9 heteroatoms. The first-order valence-corrected chi connectivity index (χ1v) is 7.12. The maximum atomic E-state index is 11.4. The Morgan fingerprint density at radius 3 is 2.22 bits per heavy atom. The summed E-state index contributed by atoms with van der Waals surface area (Å²) in [5.41, 5.74) is 0. The molecule has 0 aromatic carbocycles. The summed E-state index contributed by atoms with van der Waals surface area (Å²) in [5.74, 6) is -1.28. The average Bonchev–Trinajstić information content (AvgIpc) is 2.78. The second-order valence-corrected chi connectivity index (χ2v) is 5.25. The molecular formula is C14H19NO8. The lowest BCUT2D eigenvalue weighted by Crippen LogP contribution is -2.60. The first-order chi connectivity index (χ1) is 10.8. The van der Waals surface area contributed by atoms with E-state index in [2.05, 4.69) is 4.99 Å². The van der Waals surface area contributed by atoms with E-state index in [1.165, 1.54) is 20.8 Å². The first kappa shape index (κ1) is 17.2. The largest absolute Gasteiger partial charge is 0.463 e. The van der Waals surface area contributed by atoms with E-state index in [1.807, 2.05) is 0 Å². The predicted octanol–water partition coefficient (Wildman–Crippen LogP) is -0.0450. The van der Waals surface area contributed by atoms with Crippen molar-refractivity contribution in [2.75, 3.05) is 6.61 Å². The van der Waals surface area contributed by atoms with Gasteiger partial charge in [-0.3, -0.25) is 14.4 Å². The third kappa shape index (κ3) is 4.19.